The fourth-order valence-corrected chi connectivity index (χ4v) is 9.19. The van der Waals surface area contributed by atoms with E-state index < -0.39 is 19.8 Å². The van der Waals surface area contributed by atoms with Crippen LogP contribution in [0.1, 0.15) is 73.4 Å². The molecule has 1 rings (SSSR count). The van der Waals surface area contributed by atoms with Crippen molar-refractivity contribution in [1.29, 1.82) is 0 Å². The lowest BCUT2D eigenvalue weighted by Gasteiger charge is -2.38. The largest absolute Gasteiger partial charge is 0.444 e. The van der Waals surface area contributed by atoms with Crippen LogP contribution in [0.3, 0.4) is 0 Å². The number of carbonyl (C=O) groups excluding carboxylic acids is 1. The molecule has 0 saturated heterocycles. The Labute approximate surface area is 167 Å². The van der Waals surface area contributed by atoms with Gasteiger partial charge in [0.2, 0.25) is 0 Å². The Morgan fingerprint density at radius 1 is 1.00 bits per heavy atom. The van der Waals surface area contributed by atoms with Crippen molar-refractivity contribution >= 4 is 19.9 Å². The minimum atomic E-state index is -1.78. The van der Waals surface area contributed by atoms with E-state index in [9.17, 15) is 4.79 Å². The molecule has 27 heavy (non-hydrogen) atoms. The number of ether oxygens (including phenoxy) is 1. The number of benzene rings is 1. The fourth-order valence-electron chi connectivity index (χ4n) is 3.96. The molecule has 1 aromatic carbocycles. The first kappa shape index (κ1) is 23.3. The highest BCUT2D eigenvalue weighted by Crippen LogP contribution is 2.40. The maximum absolute atomic E-state index is 12.1. The van der Waals surface area contributed by atoms with Gasteiger partial charge in [-0.25, -0.2) is 4.79 Å². The zero-order valence-electron chi connectivity index (χ0n) is 18.8. The van der Waals surface area contributed by atoms with E-state index in [2.05, 4.69) is 64.4 Å². The normalized spacial score (nSPS) is 12.2. The van der Waals surface area contributed by atoms with E-state index in [0.717, 1.165) is 16.8 Å². The molecule has 1 amide bonds. The van der Waals surface area contributed by atoms with Crippen LogP contribution in [0.25, 0.3) is 0 Å². The molecule has 0 atom stereocenters. The molecule has 0 aliphatic carbocycles. The summed E-state index contributed by atoms with van der Waals surface area (Å²) in [5, 5.41) is 2.83. The summed E-state index contributed by atoms with van der Waals surface area (Å²) in [4.78, 5) is 12.1. The van der Waals surface area contributed by atoms with Crippen molar-refractivity contribution in [3.63, 3.8) is 0 Å². The highest BCUT2D eigenvalue weighted by molar-refractivity contribution is 6.90. The van der Waals surface area contributed by atoms with Crippen LogP contribution in [0.15, 0.2) is 18.2 Å². The number of carbonyl (C=O) groups is 1. The smallest absolute Gasteiger partial charge is 0.412 e. The standard InChI is InChI=1S/C23H37NO2Si/c1-16(2)27(17(3)4,18(5)6)12-11-20-13-19(7)14-21(15-20)24-22(25)26-23(8,9)10/h13-18H,1-10H3,(H,24,25). The highest BCUT2D eigenvalue weighted by Gasteiger charge is 2.41. The average molecular weight is 388 g/mol. The van der Waals surface area contributed by atoms with Gasteiger partial charge in [0, 0.05) is 11.3 Å². The van der Waals surface area contributed by atoms with Crippen LogP contribution in [-0.2, 0) is 4.74 Å². The maximum Gasteiger partial charge on any atom is 0.412 e. The lowest BCUT2D eigenvalue weighted by Crippen LogP contribution is -2.43. The minimum absolute atomic E-state index is 0.442. The molecular weight excluding hydrogens is 350 g/mol. The van der Waals surface area contributed by atoms with E-state index in [1.165, 1.54) is 0 Å². The van der Waals surface area contributed by atoms with Gasteiger partial charge in [-0.15, -0.1) is 5.54 Å². The van der Waals surface area contributed by atoms with Crippen molar-refractivity contribution in [3.05, 3.63) is 29.3 Å². The molecule has 4 heteroatoms. The quantitative estimate of drug-likeness (QED) is 0.450. The first-order valence-corrected chi connectivity index (χ1v) is 12.2. The number of rotatable bonds is 4. The van der Waals surface area contributed by atoms with Crippen LogP contribution in [0.5, 0.6) is 0 Å². The molecule has 150 valence electrons. The van der Waals surface area contributed by atoms with E-state index in [1.54, 1.807) is 0 Å². The Morgan fingerprint density at radius 2 is 1.52 bits per heavy atom. The van der Waals surface area contributed by atoms with Crippen molar-refractivity contribution in [2.24, 2.45) is 0 Å². The van der Waals surface area contributed by atoms with Gasteiger partial charge in [0.05, 0.1) is 0 Å². The summed E-state index contributed by atoms with van der Waals surface area (Å²) in [7, 11) is -1.78. The Bertz CT molecular complexity index is 696. The van der Waals surface area contributed by atoms with Crippen molar-refractivity contribution in [3.8, 4) is 11.5 Å². The summed E-state index contributed by atoms with van der Waals surface area (Å²) < 4.78 is 5.35. The summed E-state index contributed by atoms with van der Waals surface area (Å²) in [6.07, 6.45) is -0.442. The summed E-state index contributed by atoms with van der Waals surface area (Å²) in [5.41, 5.74) is 7.73. The molecule has 0 spiro atoms. The first-order valence-electron chi connectivity index (χ1n) is 9.92. The molecular formula is C23H37NO2Si. The summed E-state index contributed by atoms with van der Waals surface area (Å²) in [6, 6.07) is 5.95. The van der Waals surface area contributed by atoms with Gasteiger partial charge in [0.25, 0.3) is 0 Å². The molecule has 0 aliphatic heterocycles. The molecule has 0 bridgehead atoms. The number of nitrogens with one attached hydrogen (secondary N) is 1. The molecule has 3 nitrogen and oxygen atoms in total. The van der Waals surface area contributed by atoms with E-state index in [4.69, 9.17) is 4.74 Å². The second-order valence-corrected chi connectivity index (χ2v) is 14.9. The molecule has 0 radical (unpaired) electrons. The van der Waals surface area contributed by atoms with Gasteiger partial charge >= 0.3 is 6.09 Å². The van der Waals surface area contributed by atoms with Gasteiger partial charge in [-0.2, -0.15) is 0 Å². The van der Waals surface area contributed by atoms with Gasteiger partial charge in [-0.1, -0.05) is 47.5 Å². The molecule has 0 saturated carbocycles. The van der Waals surface area contributed by atoms with Gasteiger partial charge in [0.1, 0.15) is 13.7 Å². The number of hydrogen-bond acceptors (Lipinski definition) is 2. The topological polar surface area (TPSA) is 38.3 Å². The van der Waals surface area contributed by atoms with Gasteiger partial charge in [0.15, 0.2) is 0 Å². The highest BCUT2D eigenvalue weighted by atomic mass is 28.3. The molecule has 0 fully saturated rings. The summed E-state index contributed by atoms with van der Waals surface area (Å²) >= 11 is 0. The van der Waals surface area contributed by atoms with Crippen LogP contribution in [0.4, 0.5) is 10.5 Å². The van der Waals surface area contributed by atoms with E-state index >= 15 is 0 Å². The third kappa shape index (κ3) is 6.43. The average Bonchev–Trinajstić information content (AvgIpc) is 2.43. The molecule has 1 aromatic rings. The van der Waals surface area contributed by atoms with Gasteiger partial charge < -0.3 is 4.74 Å². The number of anilines is 1. The Morgan fingerprint density at radius 3 is 1.96 bits per heavy atom. The Balaban J connectivity index is 3.21. The molecule has 0 unspecified atom stereocenters. The fraction of sp³-hybridized carbons (Fsp3) is 0.609. The zero-order valence-corrected chi connectivity index (χ0v) is 19.8. The first-order chi connectivity index (χ1) is 12.3. The van der Waals surface area contributed by atoms with Crippen molar-refractivity contribution in [1.82, 2.24) is 0 Å². The lowest BCUT2D eigenvalue weighted by atomic mass is 10.1. The van der Waals surface area contributed by atoms with Crippen molar-refractivity contribution in [2.45, 2.75) is 91.5 Å². The van der Waals surface area contributed by atoms with Crippen LogP contribution < -0.4 is 5.32 Å². The predicted molar refractivity (Wildman–Crippen MR) is 119 cm³/mol. The third-order valence-electron chi connectivity index (χ3n) is 5.01. The van der Waals surface area contributed by atoms with Crippen LogP contribution in [0, 0.1) is 18.4 Å². The maximum atomic E-state index is 12.1. The number of hydrogen-bond donors (Lipinski definition) is 1. The summed E-state index contributed by atoms with van der Waals surface area (Å²) in [5.74, 6) is 3.45. The van der Waals surface area contributed by atoms with Crippen LogP contribution in [0.2, 0.25) is 16.6 Å². The SMILES string of the molecule is Cc1cc(C#C[Si](C(C)C)(C(C)C)C(C)C)cc(NC(=O)OC(C)(C)C)c1. The Kier molecular flexibility index (Phi) is 7.74. The van der Waals surface area contributed by atoms with Crippen LogP contribution >= 0.6 is 0 Å². The molecule has 0 aromatic heterocycles. The Hall–Kier alpha value is -1.73. The summed E-state index contributed by atoms with van der Waals surface area (Å²) in [6.45, 7) is 21.5. The van der Waals surface area contributed by atoms with Crippen LogP contribution in [-0.4, -0.2) is 19.8 Å². The monoisotopic (exact) mass is 387 g/mol. The second kappa shape index (κ2) is 8.97. The predicted octanol–water partition coefficient (Wildman–Crippen LogP) is 6.91. The van der Waals surface area contributed by atoms with E-state index in [0.29, 0.717) is 16.6 Å². The molecule has 0 heterocycles. The zero-order chi connectivity index (χ0) is 21.0. The second-order valence-electron chi connectivity index (χ2n) is 9.36. The minimum Gasteiger partial charge on any atom is -0.444 e. The van der Waals surface area contributed by atoms with E-state index in [1.807, 2.05) is 39.8 Å². The molecule has 0 aliphatic rings. The van der Waals surface area contributed by atoms with E-state index in [-0.39, 0.29) is 0 Å². The van der Waals surface area contributed by atoms with Gasteiger partial charge in [-0.05, 0) is 68.1 Å². The van der Waals surface area contributed by atoms with Gasteiger partial charge in [-0.3, -0.25) is 5.32 Å². The lowest BCUT2D eigenvalue weighted by molar-refractivity contribution is 0.0636. The third-order valence-corrected chi connectivity index (χ3v) is 11.3. The number of amides is 1. The van der Waals surface area contributed by atoms with Crippen molar-refractivity contribution in [2.75, 3.05) is 5.32 Å². The van der Waals surface area contributed by atoms with Crippen molar-refractivity contribution < 1.29 is 9.53 Å². The molecule has 1 N–H and O–H groups in total. The number of aryl methyl sites for hydroxylation is 1.